The molecule has 0 radical (unpaired) electrons. The van der Waals surface area contributed by atoms with Crippen LogP contribution in [-0.2, 0) is 26.9 Å². The van der Waals surface area contributed by atoms with Gasteiger partial charge in [-0.05, 0) is 17.7 Å². The molecule has 0 aromatic heterocycles. The fourth-order valence-electron chi connectivity index (χ4n) is 2.15. The maximum absolute atomic E-state index is 12.6. The molecule has 2 aromatic rings. The lowest BCUT2D eigenvalue weighted by molar-refractivity contribution is -0.383. The van der Waals surface area contributed by atoms with Crippen LogP contribution in [0.15, 0.2) is 48.5 Å². The van der Waals surface area contributed by atoms with Crippen LogP contribution in [0.4, 0.5) is 24.5 Å². The topological polar surface area (TPSA) is 98.5 Å². The number of hydrogen-bond acceptors (Lipinski definition) is 5. The van der Waals surface area contributed by atoms with Crippen molar-refractivity contribution in [3.05, 3.63) is 69.8 Å². The van der Waals surface area contributed by atoms with E-state index in [1.54, 1.807) is 0 Å². The molecule has 1 N–H and O–H groups in total. The molecule has 0 heterocycles. The zero-order chi connectivity index (χ0) is 20.0. The van der Waals surface area contributed by atoms with Crippen molar-refractivity contribution in [2.45, 2.75) is 12.6 Å². The number of nitrogens with one attached hydrogen (secondary N) is 1. The quantitative estimate of drug-likeness (QED) is 0.469. The number of nitro groups is 1. The number of amides is 1. The summed E-state index contributed by atoms with van der Waals surface area (Å²) in [5.41, 5.74) is -1.22. The Morgan fingerprint density at radius 1 is 1.11 bits per heavy atom. The van der Waals surface area contributed by atoms with E-state index in [1.165, 1.54) is 30.3 Å². The van der Waals surface area contributed by atoms with Crippen molar-refractivity contribution in [2.75, 3.05) is 11.9 Å². The predicted molar refractivity (Wildman–Crippen MR) is 87.8 cm³/mol. The van der Waals surface area contributed by atoms with E-state index < -0.39 is 41.6 Å². The summed E-state index contributed by atoms with van der Waals surface area (Å²) in [5, 5.41) is 13.1. The van der Waals surface area contributed by atoms with Crippen molar-refractivity contribution in [1.82, 2.24) is 0 Å². The minimum atomic E-state index is -4.54. The van der Waals surface area contributed by atoms with Crippen molar-refractivity contribution in [1.29, 1.82) is 0 Å². The summed E-state index contributed by atoms with van der Waals surface area (Å²) in [4.78, 5) is 33.7. The molecular weight excluding hydrogens is 369 g/mol. The third kappa shape index (κ3) is 5.80. The molecule has 0 fully saturated rings. The predicted octanol–water partition coefficient (Wildman–Crippen LogP) is 3.34. The van der Waals surface area contributed by atoms with Crippen LogP contribution in [0.3, 0.4) is 0 Å². The second-order valence-electron chi connectivity index (χ2n) is 5.36. The Hall–Kier alpha value is -3.43. The molecule has 2 rings (SSSR count). The molecular formula is C17H13F3N2O5. The van der Waals surface area contributed by atoms with Crippen LogP contribution in [0, 0.1) is 10.1 Å². The molecule has 0 aliphatic carbocycles. The second-order valence-corrected chi connectivity index (χ2v) is 5.36. The zero-order valence-electron chi connectivity index (χ0n) is 13.7. The highest BCUT2D eigenvalue weighted by Gasteiger charge is 2.30. The number of esters is 1. The minimum absolute atomic E-state index is 0.0681. The number of ether oxygens (including phenoxy) is 1. The Labute approximate surface area is 150 Å². The number of rotatable bonds is 6. The van der Waals surface area contributed by atoms with Crippen molar-refractivity contribution in [3.8, 4) is 0 Å². The van der Waals surface area contributed by atoms with Crippen molar-refractivity contribution >= 4 is 23.3 Å². The monoisotopic (exact) mass is 382 g/mol. The Bertz CT molecular complexity index is 868. The summed E-state index contributed by atoms with van der Waals surface area (Å²) < 4.78 is 42.6. The van der Waals surface area contributed by atoms with Gasteiger partial charge in [0, 0.05) is 6.07 Å². The number of hydrogen-bond donors (Lipinski definition) is 1. The largest absolute Gasteiger partial charge is 0.455 e. The average Bonchev–Trinajstić information content (AvgIpc) is 2.60. The number of anilines is 1. The average molecular weight is 382 g/mol. The Morgan fingerprint density at radius 3 is 2.48 bits per heavy atom. The number of halogens is 3. The van der Waals surface area contributed by atoms with Gasteiger partial charge >= 0.3 is 12.1 Å². The lowest BCUT2D eigenvalue weighted by Gasteiger charge is -2.09. The van der Waals surface area contributed by atoms with E-state index in [4.69, 9.17) is 4.74 Å². The van der Waals surface area contributed by atoms with E-state index in [0.717, 1.165) is 18.2 Å². The Kier molecular flexibility index (Phi) is 6.11. The van der Waals surface area contributed by atoms with Gasteiger partial charge in [-0.15, -0.1) is 0 Å². The molecule has 0 aliphatic rings. The highest BCUT2D eigenvalue weighted by Crippen LogP contribution is 2.29. The minimum Gasteiger partial charge on any atom is -0.455 e. The Balaban J connectivity index is 1.91. The van der Waals surface area contributed by atoms with Gasteiger partial charge in [0.1, 0.15) is 5.69 Å². The molecule has 0 spiro atoms. The molecule has 27 heavy (non-hydrogen) atoms. The third-order valence-corrected chi connectivity index (χ3v) is 3.34. The normalized spacial score (nSPS) is 10.9. The second kappa shape index (κ2) is 8.30. The number of carbonyl (C=O) groups is 2. The van der Waals surface area contributed by atoms with Crippen molar-refractivity contribution in [3.63, 3.8) is 0 Å². The van der Waals surface area contributed by atoms with Crippen LogP contribution in [0.25, 0.3) is 0 Å². The molecule has 142 valence electrons. The van der Waals surface area contributed by atoms with E-state index >= 15 is 0 Å². The lowest BCUT2D eigenvalue weighted by Crippen LogP contribution is -2.22. The van der Waals surface area contributed by atoms with Gasteiger partial charge in [0.15, 0.2) is 6.61 Å². The number of carbonyl (C=O) groups excluding carboxylic acids is 2. The Morgan fingerprint density at radius 2 is 1.81 bits per heavy atom. The van der Waals surface area contributed by atoms with E-state index in [-0.39, 0.29) is 16.9 Å². The van der Waals surface area contributed by atoms with Crippen LogP contribution in [-0.4, -0.2) is 23.4 Å². The summed E-state index contributed by atoms with van der Waals surface area (Å²) in [6.45, 7) is -0.732. The molecule has 0 aliphatic heterocycles. The van der Waals surface area contributed by atoms with Gasteiger partial charge in [0.2, 0.25) is 0 Å². The standard InChI is InChI=1S/C17H13F3N2O5/c18-17(19,20)12-5-3-4-11(8-12)9-16(24)27-10-15(23)21-13-6-1-2-7-14(13)22(25)26/h1-8H,9-10H2,(H,21,23). The van der Waals surface area contributed by atoms with Crippen LogP contribution in [0.2, 0.25) is 0 Å². The maximum atomic E-state index is 12.6. The first kappa shape index (κ1) is 19.9. The molecule has 7 nitrogen and oxygen atoms in total. The number of benzene rings is 2. The molecule has 0 saturated carbocycles. The number of nitro benzene ring substituents is 1. The summed E-state index contributed by atoms with van der Waals surface area (Å²) in [7, 11) is 0. The summed E-state index contributed by atoms with van der Waals surface area (Å²) in [6, 6.07) is 9.56. The smallest absolute Gasteiger partial charge is 0.416 e. The van der Waals surface area contributed by atoms with Gasteiger partial charge in [0.25, 0.3) is 11.6 Å². The number of alkyl halides is 3. The molecule has 0 bridgehead atoms. The van der Waals surface area contributed by atoms with Gasteiger partial charge in [-0.1, -0.05) is 30.3 Å². The van der Waals surface area contributed by atoms with Crippen LogP contribution < -0.4 is 5.32 Å². The van der Waals surface area contributed by atoms with E-state index in [0.29, 0.717) is 0 Å². The summed E-state index contributed by atoms with van der Waals surface area (Å²) in [6.07, 6.45) is -4.99. The first-order valence-corrected chi connectivity index (χ1v) is 7.52. The first-order chi connectivity index (χ1) is 12.7. The van der Waals surface area contributed by atoms with E-state index in [1.807, 2.05) is 0 Å². The fraction of sp³-hybridized carbons (Fsp3) is 0.176. The van der Waals surface area contributed by atoms with Gasteiger partial charge < -0.3 is 10.1 Å². The molecule has 0 unspecified atom stereocenters. The molecule has 2 aromatic carbocycles. The van der Waals surface area contributed by atoms with Crippen molar-refractivity contribution < 1.29 is 32.4 Å². The van der Waals surface area contributed by atoms with Crippen LogP contribution >= 0.6 is 0 Å². The fourth-order valence-corrected chi connectivity index (χ4v) is 2.15. The zero-order valence-corrected chi connectivity index (χ0v) is 13.7. The van der Waals surface area contributed by atoms with Crippen molar-refractivity contribution in [2.24, 2.45) is 0 Å². The highest BCUT2D eigenvalue weighted by molar-refractivity contribution is 5.94. The van der Waals surface area contributed by atoms with Gasteiger partial charge in [-0.25, -0.2) is 0 Å². The number of nitrogens with zero attached hydrogens (tertiary/aromatic N) is 1. The maximum Gasteiger partial charge on any atom is 0.416 e. The van der Waals surface area contributed by atoms with Crippen LogP contribution in [0.1, 0.15) is 11.1 Å². The highest BCUT2D eigenvalue weighted by atomic mass is 19.4. The molecule has 0 atom stereocenters. The molecule has 10 heteroatoms. The van der Waals surface area contributed by atoms with Crippen LogP contribution in [0.5, 0.6) is 0 Å². The van der Waals surface area contributed by atoms with Gasteiger partial charge in [0.05, 0.1) is 16.9 Å². The molecule has 0 saturated heterocycles. The third-order valence-electron chi connectivity index (χ3n) is 3.34. The van der Waals surface area contributed by atoms with E-state index in [2.05, 4.69) is 5.32 Å². The van der Waals surface area contributed by atoms with Gasteiger partial charge in [-0.2, -0.15) is 13.2 Å². The number of para-hydroxylation sites is 2. The van der Waals surface area contributed by atoms with Gasteiger partial charge in [-0.3, -0.25) is 19.7 Å². The first-order valence-electron chi connectivity index (χ1n) is 7.52. The lowest BCUT2D eigenvalue weighted by atomic mass is 10.1. The SMILES string of the molecule is O=C(COC(=O)Cc1cccc(C(F)(F)F)c1)Nc1ccccc1[N+](=O)[O-]. The summed E-state index contributed by atoms with van der Waals surface area (Å²) in [5.74, 6) is -1.73. The molecule has 1 amide bonds. The summed E-state index contributed by atoms with van der Waals surface area (Å²) >= 11 is 0. The van der Waals surface area contributed by atoms with E-state index in [9.17, 15) is 32.9 Å².